The van der Waals surface area contributed by atoms with Gasteiger partial charge in [-0.25, -0.2) is 0 Å². The Morgan fingerprint density at radius 1 is 0.708 bits per heavy atom. The van der Waals surface area contributed by atoms with Gasteiger partial charge in [0, 0.05) is 82.9 Å². The third kappa shape index (κ3) is 8.85. The van der Waals surface area contributed by atoms with Crippen molar-refractivity contribution in [2.75, 3.05) is 46.4 Å². The van der Waals surface area contributed by atoms with Gasteiger partial charge in [-0.05, 0) is 48.9 Å². The molecule has 0 aliphatic carbocycles. The number of alkyl halides is 1. The van der Waals surface area contributed by atoms with Gasteiger partial charge in [0.25, 0.3) is 23.6 Å². The highest BCUT2D eigenvalue weighted by Crippen LogP contribution is 2.21. The number of primary amides is 1. The van der Waals surface area contributed by atoms with Crippen LogP contribution in [0.3, 0.4) is 0 Å². The number of amides is 5. The molecule has 3 aromatic heterocycles. The van der Waals surface area contributed by atoms with Gasteiger partial charge in [0.1, 0.15) is 17.1 Å². The zero-order valence-corrected chi connectivity index (χ0v) is 28.1. The second kappa shape index (κ2) is 15.9. The predicted octanol–water partition coefficient (Wildman–Crippen LogP) is 3.52. The van der Waals surface area contributed by atoms with Crippen molar-refractivity contribution in [2.24, 2.45) is 26.9 Å². The molecule has 0 bridgehead atoms. The van der Waals surface area contributed by atoms with Crippen molar-refractivity contribution in [2.45, 2.75) is 19.8 Å². The van der Waals surface area contributed by atoms with E-state index in [1.54, 1.807) is 71.6 Å². The Hall–Kier alpha value is -5.50. The lowest BCUT2D eigenvalue weighted by Crippen LogP contribution is -2.29. The molecule has 0 saturated heterocycles. The van der Waals surface area contributed by atoms with Crippen LogP contribution in [0.1, 0.15) is 61.6 Å². The van der Waals surface area contributed by atoms with Gasteiger partial charge < -0.3 is 45.6 Å². The first-order valence-electron chi connectivity index (χ1n) is 15.3. The Bertz CT molecular complexity index is 1800. The van der Waals surface area contributed by atoms with Gasteiger partial charge in [-0.3, -0.25) is 24.0 Å². The number of aryl methyl sites for hydroxylation is 3. The molecule has 14 nitrogen and oxygen atoms in total. The first-order chi connectivity index (χ1) is 22.9. The number of nitrogens with one attached hydrogen (secondary N) is 4. The van der Waals surface area contributed by atoms with Crippen LogP contribution in [-0.2, 0) is 25.9 Å². The molecular weight excluding hydrogens is 638 g/mol. The minimum atomic E-state index is -0.527. The smallest absolute Gasteiger partial charge is 0.272 e. The summed E-state index contributed by atoms with van der Waals surface area (Å²) in [4.78, 5) is 64.7. The molecular formula is C33H40ClN9O5. The van der Waals surface area contributed by atoms with Gasteiger partial charge in [-0.1, -0.05) is 6.92 Å². The fourth-order valence-corrected chi connectivity index (χ4v) is 5.33. The Kier molecular flexibility index (Phi) is 11.7. The van der Waals surface area contributed by atoms with Crippen LogP contribution >= 0.6 is 11.6 Å². The number of anilines is 4. The zero-order chi connectivity index (χ0) is 35.0. The molecule has 0 radical (unpaired) electrons. The van der Waals surface area contributed by atoms with Gasteiger partial charge >= 0.3 is 0 Å². The summed E-state index contributed by atoms with van der Waals surface area (Å²) in [6, 6.07) is 11.9. The number of rotatable bonds is 15. The summed E-state index contributed by atoms with van der Waals surface area (Å²) in [6.07, 6.45) is 5.81. The van der Waals surface area contributed by atoms with Crippen molar-refractivity contribution in [3.8, 4) is 0 Å². The molecule has 0 atom stereocenters. The zero-order valence-electron chi connectivity index (χ0n) is 27.3. The predicted molar refractivity (Wildman–Crippen MR) is 186 cm³/mol. The molecule has 15 heteroatoms. The fraction of sp³-hybridized carbons (Fsp3) is 0.303. The number of nitrogens with zero attached hydrogens (tertiary/aromatic N) is 4. The van der Waals surface area contributed by atoms with E-state index in [2.05, 4.69) is 33.1 Å². The number of benzene rings is 1. The summed E-state index contributed by atoms with van der Waals surface area (Å²) < 4.78 is 4.70. The summed E-state index contributed by atoms with van der Waals surface area (Å²) in [5.74, 6) is -1.65. The van der Waals surface area contributed by atoms with Crippen LogP contribution in [0.5, 0.6) is 0 Å². The van der Waals surface area contributed by atoms with Crippen molar-refractivity contribution in [1.82, 2.24) is 19.0 Å². The first kappa shape index (κ1) is 35.4. The standard InChI is InChI=1S/C33H40ClN9O5/c1-5-13-43(14-11-34)25-8-6-21(7-9-25)30(45)37-22-16-27(41(3)18-22)32(47)39-24-17-28(42(4)20-24)33(48)38-23-15-26(40(2)19-23)31(46)36-12-10-29(35)44/h6-9,15-20H,5,10-14H2,1-4H3,(H2,35,44)(H,36,46)(H,37,45)(H,38,48)(H,39,47). The number of carbonyl (C=O) groups excluding carboxylic acids is 5. The van der Waals surface area contributed by atoms with E-state index in [-0.39, 0.29) is 36.0 Å². The lowest BCUT2D eigenvalue weighted by Gasteiger charge is -2.23. The molecule has 3 heterocycles. The minimum absolute atomic E-state index is 0.0116. The normalized spacial score (nSPS) is 10.8. The van der Waals surface area contributed by atoms with E-state index >= 15 is 0 Å². The molecule has 4 aromatic rings. The highest BCUT2D eigenvalue weighted by molar-refractivity contribution is 6.18. The highest BCUT2D eigenvalue weighted by atomic mass is 35.5. The third-order valence-corrected chi connectivity index (χ3v) is 7.65. The first-order valence-corrected chi connectivity index (χ1v) is 15.8. The molecule has 0 unspecified atom stereocenters. The van der Waals surface area contributed by atoms with Crippen molar-refractivity contribution < 1.29 is 24.0 Å². The maximum atomic E-state index is 13.2. The Morgan fingerprint density at radius 2 is 1.17 bits per heavy atom. The van der Waals surface area contributed by atoms with Gasteiger partial charge in [-0.15, -0.1) is 11.6 Å². The number of hydrogen-bond acceptors (Lipinski definition) is 6. The third-order valence-electron chi connectivity index (χ3n) is 7.49. The molecule has 0 aliphatic rings. The Morgan fingerprint density at radius 3 is 1.60 bits per heavy atom. The van der Waals surface area contributed by atoms with Gasteiger partial charge in [0.2, 0.25) is 5.91 Å². The molecule has 0 saturated carbocycles. The number of carbonyl (C=O) groups is 5. The van der Waals surface area contributed by atoms with E-state index in [4.69, 9.17) is 17.3 Å². The molecule has 48 heavy (non-hydrogen) atoms. The maximum absolute atomic E-state index is 13.2. The van der Waals surface area contributed by atoms with Crippen LogP contribution < -0.4 is 31.9 Å². The number of hydrogen-bond donors (Lipinski definition) is 5. The number of aromatic nitrogens is 3. The molecule has 5 amide bonds. The van der Waals surface area contributed by atoms with Crippen molar-refractivity contribution >= 4 is 63.9 Å². The average Bonchev–Trinajstić information content (AvgIpc) is 3.71. The lowest BCUT2D eigenvalue weighted by molar-refractivity contribution is -0.117. The maximum Gasteiger partial charge on any atom is 0.272 e. The van der Waals surface area contributed by atoms with Gasteiger partial charge in [-0.2, -0.15) is 0 Å². The quantitative estimate of drug-likeness (QED) is 0.120. The number of nitrogens with two attached hydrogens (primary N) is 1. The molecule has 1 aromatic carbocycles. The van der Waals surface area contributed by atoms with Gasteiger partial charge in [0.15, 0.2) is 0 Å². The second-order valence-electron chi connectivity index (χ2n) is 11.2. The minimum Gasteiger partial charge on any atom is -0.370 e. The molecule has 0 aliphatic heterocycles. The summed E-state index contributed by atoms with van der Waals surface area (Å²) in [6.45, 7) is 3.77. The highest BCUT2D eigenvalue weighted by Gasteiger charge is 2.19. The number of halogens is 1. The molecule has 0 fully saturated rings. The van der Waals surface area contributed by atoms with Gasteiger partial charge in [0.05, 0.1) is 17.1 Å². The van der Waals surface area contributed by atoms with Crippen LogP contribution in [0.15, 0.2) is 61.1 Å². The summed E-state index contributed by atoms with van der Waals surface area (Å²) >= 11 is 5.94. The van der Waals surface area contributed by atoms with Crippen molar-refractivity contribution in [3.63, 3.8) is 0 Å². The Labute approximate surface area is 283 Å². The SMILES string of the molecule is CCCN(CCCl)c1ccc(C(=O)Nc2cc(C(=O)Nc3cc(C(=O)Nc4cc(C(=O)NCCC(N)=O)n(C)c4)n(C)c3)n(C)c2)cc1. The fourth-order valence-electron chi connectivity index (χ4n) is 5.12. The van der Waals surface area contributed by atoms with E-state index in [0.29, 0.717) is 35.1 Å². The monoisotopic (exact) mass is 677 g/mol. The Balaban J connectivity index is 1.37. The molecule has 6 N–H and O–H groups in total. The van der Waals surface area contributed by atoms with E-state index in [0.717, 1.165) is 18.7 Å². The van der Waals surface area contributed by atoms with Crippen LogP contribution in [0.4, 0.5) is 22.7 Å². The second-order valence-corrected chi connectivity index (χ2v) is 11.6. The van der Waals surface area contributed by atoms with E-state index < -0.39 is 23.6 Å². The van der Waals surface area contributed by atoms with Crippen LogP contribution in [0.25, 0.3) is 0 Å². The summed E-state index contributed by atoms with van der Waals surface area (Å²) in [5, 5.41) is 11.0. The average molecular weight is 678 g/mol. The molecule has 4 rings (SSSR count). The largest absolute Gasteiger partial charge is 0.370 e. The lowest BCUT2D eigenvalue weighted by atomic mass is 10.1. The summed E-state index contributed by atoms with van der Waals surface area (Å²) in [7, 11) is 5.00. The van der Waals surface area contributed by atoms with Crippen molar-refractivity contribution in [1.29, 1.82) is 0 Å². The van der Waals surface area contributed by atoms with E-state index in [1.807, 2.05) is 12.1 Å². The molecule has 0 spiro atoms. The van der Waals surface area contributed by atoms with Crippen molar-refractivity contribution in [3.05, 3.63) is 83.7 Å². The topological polar surface area (TPSA) is 178 Å². The van der Waals surface area contributed by atoms with E-state index in [9.17, 15) is 24.0 Å². The van der Waals surface area contributed by atoms with Crippen LogP contribution in [0, 0.1) is 0 Å². The molecule has 254 valence electrons. The van der Waals surface area contributed by atoms with Crippen LogP contribution in [-0.4, -0.2) is 68.8 Å². The van der Waals surface area contributed by atoms with Crippen LogP contribution in [0.2, 0.25) is 0 Å². The van der Waals surface area contributed by atoms with E-state index in [1.165, 1.54) is 12.1 Å². The summed E-state index contributed by atoms with van der Waals surface area (Å²) in [5.41, 5.74) is 8.61.